The van der Waals surface area contributed by atoms with Crippen LogP contribution in [0.1, 0.15) is 53.8 Å². The monoisotopic (exact) mass is 601 g/mol. The largest absolute Gasteiger partial charge is 0.480 e. The van der Waals surface area contributed by atoms with E-state index in [-0.39, 0.29) is 10.7 Å². The van der Waals surface area contributed by atoms with E-state index in [2.05, 4.69) is 14.8 Å². The number of aliphatic carboxylic acids is 1. The lowest BCUT2D eigenvalue weighted by molar-refractivity contribution is -0.140. The lowest BCUT2D eigenvalue weighted by Crippen LogP contribution is -2.44. The van der Waals surface area contributed by atoms with Crippen LogP contribution in [0.25, 0.3) is 17.2 Å². The van der Waals surface area contributed by atoms with E-state index in [1.807, 2.05) is 0 Å². The summed E-state index contributed by atoms with van der Waals surface area (Å²) in [5.74, 6) is -1.66. The van der Waals surface area contributed by atoms with Crippen LogP contribution < -0.4 is 14.8 Å². The summed E-state index contributed by atoms with van der Waals surface area (Å²) in [6, 6.07) is 11.1. The third kappa shape index (κ3) is 6.93. The molecule has 1 aliphatic rings. The minimum atomic E-state index is -4.04. The fourth-order valence-electron chi connectivity index (χ4n) is 4.58. The molecule has 4 N–H and O–H groups in total. The molecule has 1 aromatic heterocycles. The van der Waals surface area contributed by atoms with E-state index < -0.39 is 49.9 Å². The Morgan fingerprint density at radius 1 is 0.976 bits per heavy atom. The Morgan fingerprint density at radius 3 is 2.10 bits per heavy atom. The molecule has 0 aliphatic heterocycles. The number of carbonyl (C=O) groups excluding carboxylic acids is 1. The number of furan rings is 1. The molecule has 4 rings (SSSR count). The van der Waals surface area contributed by atoms with Gasteiger partial charge in [0.05, 0.1) is 17.2 Å². The van der Waals surface area contributed by atoms with Crippen LogP contribution in [-0.2, 0) is 24.8 Å². The van der Waals surface area contributed by atoms with E-state index in [1.54, 1.807) is 69.3 Å². The van der Waals surface area contributed by atoms with Crippen LogP contribution in [0.4, 0.5) is 5.69 Å². The van der Waals surface area contributed by atoms with Crippen molar-refractivity contribution in [2.24, 2.45) is 5.92 Å². The van der Waals surface area contributed by atoms with E-state index in [9.17, 15) is 31.5 Å². The first kappa shape index (κ1) is 30.2. The molecule has 2 atom stereocenters. The molecule has 0 radical (unpaired) electrons. The molecule has 3 aromatic rings. The van der Waals surface area contributed by atoms with Gasteiger partial charge in [-0.15, -0.1) is 0 Å². The maximum atomic E-state index is 13.0. The predicted molar refractivity (Wildman–Crippen MR) is 154 cm³/mol. The summed E-state index contributed by atoms with van der Waals surface area (Å²) in [6.07, 6.45) is 5.02. The topological polar surface area (TPSA) is 172 Å². The lowest BCUT2D eigenvalue weighted by Gasteiger charge is -2.19. The highest BCUT2D eigenvalue weighted by atomic mass is 32.2. The van der Waals surface area contributed by atoms with Gasteiger partial charge in [0, 0.05) is 16.8 Å². The normalized spacial score (nSPS) is 15.9. The number of nitrogens with one attached hydrogen (secondary N) is 3. The van der Waals surface area contributed by atoms with Gasteiger partial charge in [0.15, 0.2) is 5.76 Å². The lowest BCUT2D eigenvalue weighted by atomic mass is 9.95. The highest BCUT2D eigenvalue weighted by Gasteiger charge is 2.30. The summed E-state index contributed by atoms with van der Waals surface area (Å²) in [5, 5.41) is 12.1. The van der Waals surface area contributed by atoms with E-state index in [1.165, 1.54) is 12.1 Å². The molecule has 1 heterocycles. The van der Waals surface area contributed by atoms with Gasteiger partial charge in [-0.3, -0.25) is 9.59 Å². The summed E-state index contributed by atoms with van der Waals surface area (Å²) >= 11 is 0. The van der Waals surface area contributed by atoms with Crippen molar-refractivity contribution in [3.8, 4) is 11.1 Å². The van der Waals surface area contributed by atoms with Crippen molar-refractivity contribution in [3.63, 3.8) is 0 Å². The fourth-order valence-corrected chi connectivity index (χ4v) is 6.65. The van der Waals surface area contributed by atoms with Gasteiger partial charge in [-0.1, -0.05) is 44.2 Å². The molecule has 1 aliphatic carbocycles. The van der Waals surface area contributed by atoms with Gasteiger partial charge in [0.2, 0.25) is 20.0 Å². The summed E-state index contributed by atoms with van der Waals surface area (Å²) < 4.78 is 59.5. The average molecular weight is 602 g/mol. The number of rotatable bonds is 10. The molecule has 11 nitrogen and oxygen atoms in total. The highest BCUT2D eigenvalue weighted by molar-refractivity contribution is 7.89. The molecule has 1 amide bonds. The van der Waals surface area contributed by atoms with Crippen molar-refractivity contribution in [1.29, 1.82) is 0 Å². The molecule has 13 heteroatoms. The number of hydrogen-bond acceptors (Lipinski definition) is 7. The maximum absolute atomic E-state index is 13.0. The number of anilines is 1. The van der Waals surface area contributed by atoms with E-state index >= 15 is 0 Å². The Labute approximate surface area is 238 Å². The SMILES string of the molecule is Cc1c(C(=O)Nc2ccc(-c3ccc(S(=O)(=O)N[C@@H](C(=O)O)C(C)C)cc3)cc2)oc2c1C(NS(C)(=O)=O)CC=C2. The average Bonchev–Trinajstić information content (AvgIpc) is 3.24. The molecule has 2 aromatic carbocycles. The molecule has 0 fully saturated rings. The third-order valence-electron chi connectivity index (χ3n) is 6.63. The van der Waals surface area contributed by atoms with E-state index in [0.717, 1.165) is 11.8 Å². The highest BCUT2D eigenvalue weighted by Crippen LogP contribution is 2.35. The Balaban J connectivity index is 1.47. The zero-order valence-corrected chi connectivity index (χ0v) is 24.5. The van der Waals surface area contributed by atoms with Crippen LogP contribution in [0, 0.1) is 12.8 Å². The molecule has 218 valence electrons. The van der Waals surface area contributed by atoms with E-state index in [0.29, 0.717) is 34.6 Å². The number of sulfonamides is 2. The number of benzene rings is 2. The van der Waals surface area contributed by atoms with Crippen LogP contribution in [0.3, 0.4) is 0 Å². The first-order valence-corrected chi connectivity index (χ1v) is 16.1. The van der Waals surface area contributed by atoms with Crippen molar-refractivity contribution in [2.45, 2.75) is 44.2 Å². The zero-order valence-electron chi connectivity index (χ0n) is 22.8. The molecular formula is C28H31N3O8S2. The van der Waals surface area contributed by atoms with Crippen LogP contribution in [0.2, 0.25) is 0 Å². The number of hydrogen-bond donors (Lipinski definition) is 4. The van der Waals surface area contributed by atoms with Crippen LogP contribution in [0.5, 0.6) is 0 Å². The number of carboxylic acids is 1. The van der Waals surface area contributed by atoms with Crippen molar-refractivity contribution in [1.82, 2.24) is 9.44 Å². The molecule has 1 unspecified atom stereocenters. The van der Waals surface area contributed by atoms with Gasteiger partial charge in [-0.05, 0) is 60.7 Å². The van der Waals surface area contributed by atoms with Crippen molar-refractivity contribution < 1.29 is 35.9 Å². The number of carboxylic acid groups (broad SMARTS) is 1. The minimum absolute atomic E-state index is 0.0580. The van der Waals surface area contributed by atoms with Crippen LogP contribution in [-0.4, -0.2) is 46.1 Å². The Kier molecular flexibility index (Phi) is 8.54. The second-order valence-electron chi connectivity index (χ2n) is 10.2. The van der Waals surface area contributed by atoms with Gasteiger partial charge in [-0.25, -0.2) is 21.6 Å². The van der Waals surface area contributed by atoms with Crippen molar-refractivity contribution in [3.05, 3.63) is 77.3 Å². The summed E-state index contributed by atoms with van der Waals surface area (Å²) in [4.78, 5) is 24.4. The maximum Gasteiger partial charge on any atom is 0.322 e. The first-order chi connectivity index (χ1) is 19.2. The van der Waals surface area contributed by atoms with Crippen molar-refractivity contribution in [2.75, 3.05) is 11.6 Å². The predicted octanol–water partition coefficient (Wildman–Crippen LogP) is 3.90. The molecule has 0 saturated carbocycles. The fraction of sp³-hybridized carbons (Fsp3) is 0.286. The smallest absolute Gasteiger partial charge is 0.322 e. The Bertz CT molecular complexity index is 1710. The molecule has 0 bridgehead atoms. The van der Waals surface area contributed by atoms with Crippen LogP contribution >= 0.6 is 0 Å². The van der Waals surface area contributed by atoms with Gasteiger partial charge in [-0.2, -0.15) is 4.72 Å². The first-order valence-electron chi connectivity index (χ1n) is 12.7. The van der Waals surface area contributed by atoms with Gasteiger partial charge < -0.3 is 14.8 Å². The van der Waals surface area contributed by atoms with Gasteiger partial charge >= 0.3 is 5.97 Å². The second kappa shape index (κ2) is 11.6. The van der Waals surface area contributed by atoms with Crippen molar-refractivity contribution >= 4 is 43.7 Å². The Morgan fingerprint density at radius 2 is 1.56 bits per heavy atom. The minimum Gasteiger partial charge on any atom is -0.480 e. The standard InChI is InChI=1S/C28H31N3O8S2/c1-16(2)25(28(33)34)31-41(37,38)21-14-10-19(11-15-21)18-8-12-20(13-9-18)29-27(32)26-17(3)24-22(30-40(4,35)36)6-5-7-23(24)39-26/h5,7-16,22,25,30-31H,6H2,1-4H3,(H,29,32)(H,33,34)/t22?,25-/m1/s1. The molecule has 0 spiro atoms. The summed E-state index contributed by atoms with van der Waals surface area (Å²) in [6.45, 7) is 4.94. The quantitative estimate of drug-likeness (QED) is 0.271. The summed E-state index contributed by atoms with van der Waals surface area (Å²) in [7, 11) is -7.51. The summed E-state index contributed by atoms with van der Waals surface area (Å²) in [5.41, 5.74) is 3.14. The molecular weight excluding hydrogens is 570 g/mol. The van der Waals surface area contributed by atoms with Crippen LogP contribution in [0.15, 0.2) is 63.9 Å². The Hall–Kier alpha value is -3.78. The third-order valence-corrected chi connectivity index (χ3v) is 8.80. The molecule has 41 heavy (non-hydrogen) atoms. The molecule has 0 saturated heterocycles. The van der Waals surface area contributed by atoms with Gasteiger partial charge in [0.25, 0.3) is 5.91 Å². The van der Waals surface area contributed by atoms with Gasteiger partial charge in [0.1, 0.15) is 11.8 Å². The van der Waals surface area contributed by atoms with E-state index in [4.69, 9.17) is 4.42 Å². The zero-order chi connectivity index (χ0) is 30.1. The number of amides is 1. The number of carbonyl (C=O) groups is 2. The second-order valence-corrected chi connectivity index (χ2v) is 13.6. The number of fused-ring (bicyclic) bond motifs is 1.